The van der Waals surface area contributed by atoms with Gasteiger partial charge in [0.05, 0.1) is 0 Å². The van der Waals surface area contributed by atoms with E-state index in [9.17, 15) is 21.6 Å². The van der Waals surface area contributed by atoms with Gasteiger partial charge in [-0.2, -0.15) is 0 Å². The second kappa shape index (κ2) is 4.68. The summed E-state index contributed by atoms with van der Waals surface area (Å²) in [5, 5.41) is 13.5. The molecule has 0 aliphatic heterocycles. The second-order valence-corrected chi connectivity index (χ2v) is 9.49. The van der Waals surface area contributed by atoms with Gasteiger partial charge in [-0.25, -0.2) is 0 Å². The van der Waals surface area contributed by atoms with Crippen LogP contribution < -0.4 is 9.49 Å². The molecule has 1 aromatic rings. The van der Waals surface area contributed by atoms with Crippen LogP contribution in [0.5, 0.6) is 0 Å². The van der Waals surface area contributed by atoms with Crippen molar-refractivity contribution in [2.24, 2.45) is 5.14 Å². The van der Waals surface area contributed by atoms with Crippen molar-refractivity contribution in [2.45, 2.75) is 6.18 Å². The van der Waals surface area contributed by atoms with E-state index in [1.54, 1.807) is 0 Å². The van der Waals surface area contributed by atoms with Gasteiger partial charge in [0.2, 0.25) is 0 Å². The van der Waals surface area contributed by atoms with Gasteiger partial charge in [0.1, 0.15) is 0 Å². The minimum absolute atomic E-state index is 0.166. The van der Waals surface area contributed by atoms with Crippen molar-refractivity contribution in [3.05, 3.63) is 29.3 Å². The summed E-state index contributed by atoms with van der Waals surface area (Å²) >= 11 is -1.72. The average Bonchev–Trinajstić information content (AvgIpc) is 2.13. The molecule has 1 radical (unpaired) electrons. The van der Waals surface area contributed by atoms with Gasteiger partial charge < -0.3 is 0 Å². The summed E-state index contributed by atoms with van der Waals surface area (Å²) in [5.74, 6) is 0. The SMILES string of the molecule is N#Cc1c([As]S(N)(=O)=O)cccc1C(F)(F)F. The third-order valence-electron chi connectivity index (χ3n) is 1.69. The van der Waals surface area contributed by atoms with Crippen molar-refractivity contribution in [1.82, 2.24) is 0 Å². The number of hydrogen-bond acceptors (Lipinski definition) is 3. The van der Waals surface area contributed by atoms with E-state index in [2.05, 4.69) is 0 Å². The van der Waals surface area contributed by atoms with Crippen molar-refractivity contribution in [3.63, 3.8) is 0 Å². The molecule has 0 heterocycles. The molecule has 9 heteroatoms. The van der Waals surface area contributed by atoms with Gasteiger partial charge in [-0.15, -0.1) is 0 Å². The predicted molar refractivity (Wildman–Crippen MR) is 54.7 cm³/mol. The second-order valence-electron chi connectivity index (χ2n) is 2.92. The van der Waals surface area contributed by atoms with E-state index in [1.807, 2.05) is 0 Å². The van der Waals surface area contributed by atoms with E-state index in [0.29, 0.717) is 0 Å². The van der Waals surface area contributed by atoms with Crippen molar-refractivity contribution in [2.75, 3.05) is 0 Å². The molecule has 0 saturated carbocycles. The van der Waals surface area contributed by atoms with Crippen LogP contribution in [0.15, 0.2) is 18.2 Å². The zero-order valence-corrected chi connectivity index (χ0v) is 10.8. The first-order valence-electron chi connectivity index (χ1n) is 4.01. The van der Waals surface area contributed by atoms with Gasteiger partial charge in [-0.1, -0.05) is 0 Å². The Labute approximate surface area is 101 Å². The Morgan fingerprint density at radius 2 is 1.94 bits per heavy atom. The van der Waals surface area contributed by atoms with Crippen molar-refractivity contribution < 1.29 is 21.6 Å². The van der Waals surface area contributed by atoms with Crippen LogP contribution >= 0.6 is 0 Å². The fourth-order valence-corrected chi connectivity index (χ4v) is 4.75. The zero-order valence-electron chi connectivity index (χ0n) is 8.06. The number of nitriles is 1. The van der Waals surface area contributed by atoms with Crippen LogP contribution in [0.4, 0.5) is 13.2 Å². The van der Waals surface area contributed by atoms with E-state index >= 15 is 0 Å². The van der Waals surface area contributed by atoms with Gasteiger partial charge >= 0.3 is 101 Å². The number of hydrogen-bond donors (Lipinski definition) is 1. The molecule has 0 fully saturated rings. The van der Waals surface area contributed by atoms with Crippen LogP contribution in [-0.2, 0) is 14.5 Å². The molecule has 0 atom stereocenters. The number of nitrogens with zero attached hydrogens (tertiary/aromatic N) is 1. The summed E-state index contributed by atoms with van der Waals surface area (Å²) in [5.41, 5.74) is -1.81. The fourth-order valence-electron chi connectivity index (χ4n) is 1.11. The molecule has 0 aliphatic carbocycles. The number of alkyl halides is 3. The molecule has 0 bridgehead atoms. The molecule has 0 spiro atoms. The molecule has 0 aliphatic rings. The number of halogens is 3. The molecule has 2 N–H and O–H groups in total. The van der Waals surface area contributed by atoms with E-state index in [1.165, 1.54) is 6.07 Å². The van der Waals surface area contributed by atoms with Crippen molar-refractivity contribution in [3.8, 4) is 6.07 Å². The normalized spacial score (nSPS) is 12.9. The monoisotopic (exact) mass is 325 g/mol. The zero-order chi connectivity index (χ0) is 13.3. The van der Waals surface area contributed by atoms with Crippen LogP contribution in [0.25, 0.3) is 0 Å². The van der Waals surface area contributed by atoms with Gasteiger partial charge in [0.15, 0.2) is 0 Å². The van der Waals surface area contributed by atoms with Crippen molar-refractivity contribution in [1.29, 1.82) is 5.26 Å². The molecular weight excluding hydrogens is 320 g/mol. The third-order valence-corrected chi connectivity index (χ3v) is 5.76. The molecule has 1 aromatic carbocycles. The summed E-state index contributed by atoms with van der Waals surface area (Å²) < 4.78 is 59.1. The first-order valence-corrected chi connectivity index (χ1v) is 8.75. The molecule has 0 unspecified atom stereocenters. The van der Waals surface area contributed by atoms with Crippen LogP contribution in [0.1, 0.15) is 11.1 Å². The molecule has 4 nitrogen and oxygen atoms in total. The standard InChI is InChI=1S/C8H5AsF3N2O2S/c10-8(11,12)6-2-1-3-7(5(6)4-13)9-17(14,15)16/h1-3H,(H2,14,15,16). The number of rotatable bonds is 2. The van der Waals surface area contributed by atoms with Crippen LogP contribution in [0.2, 0.25) is 0 Å². The summed E-state index contributed by atoms with van der Waals surface area (Å²) in [6, 6.07) is 4.33. The van der Waals surface area contributed by atoms with Gasteiger partial charge in [0, 0.05) is 0 Å². The van der Waals surface area contributed by atoms with Crippen molar-refractivity contribution >= 4 is 27.2 Å². The Balaban J connectivity index is 3.41. The molecule has 0 aromatic heterocycles. The molecule has 17 heavy (non-hydrogen) atoms. The molecule has 0 saturated heterocycles. The maximum atomic E-state index is 12.5. The summed E-state index contributed by atoms with van der Waals surface area (Å²) in [6.07, 6.45) is -4.69. The van der Waals surface area contributed by atoms with Crippen LogP contribution in [0.3, 0.4) is 0 Å². The van der Waals surface area contributed by atoms with E-state index < -0.39 is 40.2 Å². The predicted octanol–water partition coefficient (Wildman–Crippen LogP) is 0.110. The van der Waals surface area contributed by atoms with Gasteiger partial charge in [-0.3, -0.25) is 0 Å². The minimum atomic E-state index is -4.69. The molecule has 1 rings (SSSR count). The first-order chi connectivity index (χ1) is 7.65. The van der Waals surface area contributed by atoms with E-state index in [4.69, 9.17) is 10.4 Å². The Bertz CT molecular complexity index is 577. The Morgan fingerprint density at radius 1 is 1.35 bits per heavy atom. The summed E-state index contributed by atoms with van der Waals surface area (Å²) in [7, 11) is -3.90. The van der Waals surface area contributed by atoms with Gasteiger partial charge in [0.25, 0.3) is 0 Å². The average molecular weight is 325 g/mol. The number of benzene rings is 1. The fraction of sp³-hybridized carbons (Fsp3) is 0.125. The Kier molecular flexibility index (Phi) is 3.87. The number of nitrogens with two attached hydrogens (primary N) is 1. The van der Waals surface area contributed by atoms with E-state index in [0.717, 1.165) is 18.2 Å². The summed E-state index contributed by atoms with van der Waals surface area (Å²) in [4.78, 5) is 0. The maximum absolute atomic E-state index is 12.5. The Morgan fingerprint density at radius 3 is 2.35 bits per heavy atom. The van der Waals surface area contributed by atoms with Crippen LogP contribution in [0, 0.1) is 11.3 Å². The van der Waals surface area contributed by atoms with Gasteiger partial charge in [-0.05, 0) is 0 Å². The topological polar surface area (TPSA) is 83.9 Å². The third kappa shape index (κ3) is 3.73. The van der Waals surface area contributed by atoms with E-state index in [-0.39, 0.29) is 4.35 Å². The molecule has 0 amide bonds. The Hall–Kier alpha value is -1.03. The first kappa shape index (κ1) is 14.0. The summed E-state index contributed by atoms with van der Waals surface area (Å²) in [6.45, 7) is 0. The quantitative estimate of drug-likeness (QED) is 0.784. The molecular formula is C8H5AsF3N2O2S. The molecule has 91 valence electrons. The van der Waals surface area contributed by atoms with Crippen LogP contribution in [-0.4, -0.2) is 23.0 Å².